The fraction of sp³-hybridized carbons (Fsp3) is 0.143. The summed E-state index contributed by atoms with van der Waals surface area (Å²) in [6.45, 7) is 0.715. The molecule has 3 aromatic rings. The molecule has 0 radical (unpaired) electrons. The van der Waals surface area contributed by atoms with Crippen LogP contribution in [-0.2, 0) is 17.6 Å². The Labute approximate surface area is 152 Å². The second-order valence-corrected chi connectivity index (χ2v) is 5.95. The van der Waals surface area contributed by atoms with E-state index < -0.39 is 0 Å². The molecule has 132 valence electrons. The molecule has 2 N–H and O–H groups in total. The van der Waals surface area contributed by atoms with E-state index in [1.54, 1.807) is 24.4 Å². The third kappa shape index (κ3) is 5.41. The minimum atomic E-state index is -0.226. The van der Waals surface area contributed by atoms with Gasteiger partial charge in [-0.3, -0.25) is 4.79 Å². The van der Waals surface area contributed by atoms with Crippen LogP contribution in [0.25, 0.3) is 0 Å². The van der Waals surface area contributed by atoms with E-state index in [0.29, 0.717) is 18.8 Å². The summed E-state index contributed by atoms with van der Waals surface area (Å²) in [7, 11) is 0. The highest BCUT2D eigenvalue weighted by Crippen LogP contribution is 2.11. The lowest BCUT2D eigenvalue weighted by Crippen LogP contribution is -2.15. The van der Waals surface area contributed by atoms with Crippen molar-refractivity contribution >= 4 is 17.4 Å². The molecule has 0 aliphatic carbocycles. The second kappa shape index (κ2) is 8.76. The first-order valence-corrected chi connectivity index (χ1v) is 8.47. The van der Waals surface area contributed by atoms with Crippen LogP contribution in [0.3, 0.4) is 0 Å². The van der Waals surface area contributed by atoms with Crippen molar-refractivity contribution in [1.82, 2.24) is 4.98 Å². The monoisotopic (exact) mass is 349 g/mol. The molecule has 2 aromatic carbocycles. The van der Waals surface area contributed by atoms with Gasteiger partial charge in [-0.15, -0.1) is 0 Å². The number of anilines is 2. The number of halogens is 1. The molecule has 26 heavy (non-hydrogen) atoms. The molecular weight excluding hydrogens is 329 g/mol. The lowest BCUT2D eigenvalue weighted by atomic mass is 10.1. The summed E-state index contributed by atoms with van der Waals surface area (Å²) in [5, 5.41) is 6.05. The Morgan fingerprint density at radius 2 is 1.69 bits per heavy atom. The van der Waals surface area contributed by atoms with Gasteiger partial charge >= 0.3 is 0 Å². The fourth-order valence-corrected chi connectivity index (χ4v) is 2.54. The summed E-state index contributed by atoms with van der Waals surface area (Å²) >= 11 is 0. The van der Waals surface area contributed by atoms with Crippen LogP contribution in [0.5, 0.6) is 0 Å². The zero-order chi connectivity index (χ0) is 18.2. The van der Waals surface area contributed by atoms with Gasteiger partial charge < -0.3 is 10.6 Å². The zero-order valence-electron chi connectivity index (χ0n) is 14.3. The van der Waals surface area contributed by atoms with E-state index in [0.717, 1.165) is 23.2 Å². The van der Waals surface area contributed by atoms with Crippen molar-refractivity contribution in [2.45, 2.75) is 12.8 Å². The number of nitrogens with one attached hydrogen (secondary N) is 2. The molecule has 1 heterocycles. The van der Waals surface area contributed by atoms with Crippen LogP contribution in [0.2, 0.25) is 0 Å². The number of hydrogen-bond donors (Lipinski definition) is 2. The van der Waals surface area contributed by atoms with Crippen molar-refractivity contribution < 1.29 is 9.18 Å². The molecule has 0 bridgehead atoms. The Balaban J connectivity index is 1.45. The number of amides is 1. The number of hydrogen-bond acceptors (Lipinski definition) is 3. The maximum atomic E-state index is 12.9. The third-order valence-corrected chi connectivity index (χ3v) is 3.89. The average molecular weight is 349 g/mol. The van der Waals surface area contributed by atoms with Gasteiger partial charge in [0.1, 0.15) is 11.6 Å². The van der Waals surface area contributed by atoms with Crippen LogP contribution >= 0.6 is 0 Å². The Hall–Kier alpha value is -3.21. The summed E-state index contributed by atoms with van der Waals surface area (Å²) in [6.07, 6.45) is 2.79. The van der Waals surface area contributed by atoms with E-state index in [2.05, 4.69) is 15.6 Å². The van der Waals surface area contributed by atoms with Gasteiger partial charge in [0, 0.05) is 6.54 Å². The highest BCUT2D eigenvalue weighted by atomic mass is 19.1. The lowest BCUT2D eigenvalue weighted by molar-refractivity contribution is -0.115. The molecule has 0 unspecified atom stereocenters. The van der Waals surface area contributed by atoms with Gasteiger partial charge in [-0.25, -0.2) is 9.37 Å². The summed E-state index contributed by atoms with van der Waals surface area (Å²) in [5.41, 5.74) is 2.90. The van der Waals surface area contributed by atoms with Gasteiger partial charge in [0.05, 0.1) is 18.3 Å². The molecule has 3 rings (SSSR count). The van der Waals surface area contributed by atoms with Gasteiger partial charge in [0.2, 0.25) is 5.91 Å². The van der Waals surface area contributed by atoms with Crippen LogP contribution in [0.1, 0.15) is 11.1 Å². The molecule has 0 atom stereocenters. The second-order valence-electron chi connectivity index (χ2n) is 5.95. The number of carbonyl (C=O) groups is 1. The third-order valence-electron chi connectivity index (χ3n) is 3.89. The molecule has 0 aliphatic rings. The van der Waals surface area contributed by atoms with Gasteiger partial charge in [-0.2, -0.15) is 0 Å². The Morgan fingerprint density at radius 3 is 2.38 bits per heavy atom. The standard InChI is InChI=1S/C21H20FN3O/c22-18-8-6-16(7-9-18)12-13-23-19-10-11-20(24-15-19)25-21(26)14-17-4-2-1-3-5-17/h1-11,15,23H,12-14H2,(H,24,25,26). The molecule has 4 nitrogen and oxygen atoms in total. The highest BCUT2D eigenvalue weighted by molar-refractivity contribution is 5.91. The van der Waals surface area contributed by atoms with Crippen molar-refractivity contribution in [3.63, 3.8) is 0 Å². The van der Waals surface area contributed by atoms with Crippen molar-refractivity contribution in [2.75, 3.05) is 17.2 Å². The number of rotatable bonds is 7. The fourth-order valence-electron chi connectivity index (χ4n) is 2.54. The minimum absolute atomic E-state index is 0.0966. The van der Waals surface area contributed by atoms with E-state index >= 15 is 0 Å². The topological polar surface area (TPSA) is 54.0 Å². The van der Waals surface area contributed by atoms with Crippen molar-refractivity contribution in [2.24, 2.45) is 0 Å². The summed E-state index contributed by atoms with van der Waals surface area (Å²) in [4.78, 5) is 16.3. The molecule has 5 heteroatoms. The molecule has 1 amide bonds. The molecule has 0 fully saturated rings. The maximum Gasteiger partial charge on any atom is 0.229 e. The first-order valence-electron chi connectivity index (χ1n) is 8.47. The quantitative estimate of drug-likeness (QED) is 0.676. The SMILES string of the molecule is O=C(Cc1ccccc1)Nc1ccc(NCCc2ccc(F)cc2)cn1. The van der Waals surface area contributed by atoms with Crippen LogP contribution in [0.15, 0.2) is 72.9 Å². The number of aromatic nitrogens is 1. The van der Waals surface area contributed by atoms with Crippen molar-refractivity contribution in [3.05, 3.63) is 89.9 Å². The first-order chi connectivity index (χ1) is 12.7. The Morgan fingerprint density at radius 1 is 0.923 bits per heavy atom. The van der Waals surface area contributed by atoms with Gasteiger partial charge in [0.15, 0.2) is 0 Å². The van der Waals surface area contributed by atoms with Crippen molar-refractivity contribution in [3.8, 4) is 0 Å². The first kappa shape index (κ1) is 17.6. The lowest BCUT2D eigenvalue weighted by Gasteiger charge is -2.08. The number of pyridine rings is 1. The minimum Gasteiger partial charge on any atom is -0.383 e. The van der Waals surface area contributed by atoms with Crippen molar-refractivity contribution in [1.29, 1.82) is 0 Å². The van der Waals surface area contributed by atoms with Gasteiger partial charge in [0.25, 0.3) is 0 Å². The molecule has 0 aliphatic heterocycles. The van der Waals surface area contributed by atoms with E-state index in [1.807, 2.05) is 36.4 Å². The zero-order valence-corrected chi connectivity index (χ0v) is 14.3. The Bertz CT molecular complexity index is 833. The van der Waals surface area contributed by atoms with E-state index in [4.69, 9.17) is 0 Å². The van der Waals surface area contributed by atoms with Gasteiger partial charge in [-0.05, 0) is 41.8 Å². The van der Waals surface area contributed by atoms with E-state index in [9.17, 15) is 9.18 Å². The average Bonchev–Trinajstić information content (AvgIpc) is 2.65. The normalized spacial score (nSPS) is 10.3. The predicted molar refractivity (Wildman–Crippen MR) is 102 cm³/mol. The van der Waals surface area contributed by atoms with Crippen LogP contribution in [-0.4, -0.2) is 17.4 Å². The smallest absolute Gasteiger partial charge is 0.229 e. The molecular formula is C21H20FN3O. The molecule has 0 saturated carbocycles. The molecule has 1 aromatic heterocycles. The van der Waals surface area contributed by atoms with Crippen LogP contribution in [0, 0.1) is 5.82 Å². The van der Waals surface area contributed by atoms with E-state index in [-0.39, 0.29) is 11.7 Å². The maximum absolute atomic E-state index is 12.9. The summed E-state index contributed by atoms with van der Waals surface area (Å²) < 4.78 is 12.9. The molecule has 0 saturated heterocycles. The number of nitrogens with zero attached hydrogens (tertiary/aromatic N) is 1. The van der Waals surface area contributed by atoms with Crippen LogP contribution in [0.4, 0.5) is 15.9 Å². The Kier molecular flexibility index (Phi) is 5.93. The highest BCUT2D eigenvalue weighted by Gasteiger charge is 2.04. The van der Waals surface area contributed by atoms with E-state index in [1.165, 1.54) is 12.1 Å². The molecule has 0 spiro atoms. The largest absolute Gasteiger partial charge is 0.383 e. The van der Waals surface area contributed by atoms with Crippen LogP contribution < -0.4 is 10.6 Å². The number of benzene rings is 2. The number of carbonyl (C=O) groups excluding carboxylic acids is 1. The summed E-state index contributed by atoms with van der Waals surface area (Å²) in [5.74, 6) is 0.201. The summed E-state index contributed by atoms with van der Waals surface area (Å²) in [6, 6.07) is 19.7. The predicted octanol–water partition coefficient (Wildman–Crippen LogP) is 4.06. The van der Waals surface area contributed by atoms with Gasteiger partial charge in [-0.1, -0.05) is 42.5 Å².